The van der Waals surface area contributed by atoms with Crippen molar-refractivity contribution < 1.29 is 0 Å². The Morgan fingerprint density at radius 2 is 2.24 bits per heavy atom. The molecule has 2 saturated carbocycles. The first-order valence-electron chi connectivity index (χ1n) is 6.62. The van der Waals surface area contributed by atoms with Gasteiger partial charge in [0.15, 0.2) is 0 Å². The van der Waals surface area contributed by atoms with E-state index in [1.165, 1.54) is 53.0 Å². The Morgan fingerprint density at radius 3 is 2.71 bits per heavy atom. The van der Waals surface area contributed by atoms with Crippen LogP contribution in [0.25, 0.3) is 0 Å². The van der Waals surface area contributed by atoms with Gasteiger partial charge in [-0.05, 0) is 50.4 Å². The van der Waals surface area contributed by atoms with Crippen molar-refractivity contribution in [3.8, 4) is 0 Å². The SMILES string of the molecule is Cc1nc(CC2(CBr)CC3CCC2C3)sc1C. The molecule has 3 unspecified atom stereocenters. The van der Waals surface area contributed by atoms with E-state index in [0.29, 0.717) is 5.41 Å². The molecule has 0 saturated heterocycles. The third-order valence-corrected chi connectivity index (χ3v) is 7.13. The van der Waals surface area contributed by atoms with E-state index in [1.54, 1.807) is 0 Å². The van der Waals surface area contributed by atoms with Crippen LogP contribution in [0.3, 0.4) is 0 Å². The molecule has 3 rings (SSSR count). The van der Waals surface area contributed by atoms with Crippen LogP contribution in [0.1, 0.15) is 41.3 Å². The summed E-state index contributed by atoms with van der Waals surface area (Å²) in [6, 6.07) is 0. The minimum absolute atomic E-state index is 0.527. The number of aryl methyl sites for hydroxylation is 2. The molecule has 1 aromatic rings. The summed E-state index contributed by atoms with van der Waals surface area (Å²) >= 11 is 5.71. The first-order chi connectivity index (χ1) is 8.13. The van der Waals surface area contributed by atoms with Crippen molar-refractivity contribution in [2.45, 2.75) is 46.0 Å². The molecule has 1 heterocycles. The van der Waals surface area contributed by atoms with Gasteiger partial charge in [-0.1, -0.05) is 22.4 Å². The van der Waals surface area contributed by atoms with Crippen LogP contribution in [0.15, 0.2) is 0 Å². The number of halogens is 1. The van der Waals surface area contributed by atoms with Crippen LogP contribution in [0, 0.1) is 31.1 Å². The van der Waals surface area contributed by atoms with Gasteiger partial charge in [0.25, 0.3) is 0 Å². The van der Waals surface area contributed by atoms with Crippen LogP contribution in [-0.4, -0.2) is 10.3 Å². The second-order valence-corrected chi connectivity index (χ2v) is 7.85. The Hall–Kier alpha value is 0.110. The van der Waals surface area contributed by atoms with E-state index < -0.39 is 0 Å². The summed E-state index contributed by atoms with van der Waals surface area (Å²) in [6.07, 6.45) is 7.06. The molecule has 0 aliphatic heterocycles. The number of fused-ring (bicyclic) bond motifs is 2. The molecule has 2 aliphatic carbocycles. The highest BCUT2D eigenvalue weighted by atomic mass is 79.9. The zero-order valence-electron chi connectivity index (χ0n) is 10.6. The highest BCUT2D eigenvalue weighted by Crippen LogP contribution is 2.58. The number of thiazole rings is 1. The fourth-order valence-corrected chi connectivity index (χ4v) is 5.88. The quantitative estimate of drug-likeness (QED) is 0.748. The summed E-state index contributed by atoms with van der Waals surface area (Å²) in [4.78, 5) is 6.14. The van der Waals surface area contributed by atoms with Gasteiger partial charge < -0.3 is 0 Å². The maximum absolute atomic E-state index is 4.75. The van der Waals surface area contributed by atoms with Crippen LogP contribution < -0.4 is 0 Å². The molecular weight excluding hydrogens is 294 g/mol. The smallest absolute Gasteiger partial charge is 0.0936 e. The Labute approximate surface area is 116 Å². The summed E-state index contributed by atoms with van der Waals surface area (Å²) in [6.45, 7) is 4.33. The van der Waals surface area contributed by atoms with Gasteiger partial charge in [0.2, 0.25) is 0 Å². The van der Waals surface area contributed by atoms with Crippen LogP contribution in [0.4, 0.5) is 0 Å². The third-order valence-electron chi connectivity index (χ3n) is 4.94. The summed E-state index contributed by atoms with van der Waals surface area (Å²) < 4.78 is 0. The van der Waals surface area contributed by atoms with Crippen LogP contribution in [-0.2, 0) is 6.42 Å². The predicted molar refractivity (Wildman–Crippen MR) is 77.0 cm³/mol. The number of hydrogen-bond acceptors (Lipinski definition) is 2. The number of aromatic nitrogens is 1. The molecule has 0 N–H and O–H groups in total. The van der Waals surface area contributed by atoms with Crippen molar-refractivity contribution in [1.29, 1.82) is 0 Å². The van der Waals surface area contributed by atoms with Gasteiger partial charge in [0.05, 0.1) is 10.7 Å². The number of rotatable bonds is 3. The lowest BCUT2D eigenvalue weighted by Crippen LogP contribution is -2.32. The maximum Gasteiger partial charge on any atom is 0.0936 e. The van der Waals surface area contributed by atoms with Crippen molar-refractivity contribution in [3.05, 3.63) is 15.6 Å². The first-order valence-corrected chi connectivity index (χ1v) is 8.55. The Morgan fingerprint density at radius 1 is 1.41 bits per heavy atom. The maximum atomic E-state index is 4.75. The van der Waals surface area contributed by atoms with E-state index >= 15 is 0 Å². The van der Waals surface area contributed by atoms with Crippen LogP contribution in [0.5, 0.6) is 0 Å². The van der Waals surface area contributed by atoms with Crippen LogP contribution in [0.2, 0.25) is 0 Å². The molecule has 3 heteroatoms. The highest BCUT2D eigenvalue weighted by Gasteiger charge is 2.50. The Bertz CT molecular complexity index is 408. The lowest BCUT2D eigenvalue weighted by Gasteiger charge is -2.35. The molecule has 0 aromatic carbocycles. The van der Waals surface area contributed by atoms with Crippen LogP contribution >= 0.6 is 27.3 Å². The minimum Gasteiger partial charge on any atom is -0.246 e. The number of alkyl halides is 1. The van der Waals surface area contributed by atoms with Crippen molar-refractivity contribution >= 4 is 27.3 Å². The van der Waals surface area contributed by atoms with Crippen molar-refractivity contribution in [3.63, 3.8) is 0 Å². The lowest BCUT2D eigenvalue weighted by molar-refractivity contribution is 0.196. The average molecular weight is 314 g/mol. The molecule has 0 amide bonds. The average Bonchev–Trinajstić information content (AvgIpc) is 2.95. The molecule has 2 bridgehead atoms. The minimum atomic E-state index is 0.527. The summed E-state index contributed by atoms with van der Waals surface area (Å²) in [7, 11) is 0. The normalized spacial score (nSPS) is 35.7. The zero-order chi connectivity index (χ0) is 12.0. The van der Waals surface area contributed by atoms with Gasteiger partial charge in [0, 0.05) is 16.6 Å². The molecule has 17 heavy (non-hydrogen) atoms. The van der Waals surface area contributed by atoms with Crippen molar-refractivity contribution in [2.24, 2.45) is 17.3 Å². The number of hydrogen-bond donors (Lipinski definition) is 0. The summed E-state index contributed by atoms with van der Waals surface area (Å²) in [5.41, 5.74) is 1.76. The van der Waals surface area contributed by atoms with E-state index in [4.69, 9.17) is 4.98 Å². The zero-order valence-corrected chi connectivity index (χ0v) is 13.0. The largest absolute Gasteiger partial charge is 0.246 e. The van der Waals surface area contributed by atoms with Gasteiger partial charge in [-0.25, -0.2) is 4.98 Å². The third kappa shape index (κ3) is 1.99. The fourth-order valence-electron chi connectivity index (χ4n) is 3.90. The Balaban J connectivity index is 1.83. The van der Waals surface area contributed by atoms with E-state index in [-0.39, 0.29) is 0 Å². The van der Waals surface area contributed by atoms with Gasteiger partial charge in [-0.2, -0.15) is 0 Å². The van der Waals surface area contributed by atoms with Gasteiger partial charge >= 0.3 is 0 Å². The second-order valence-electron chi connectivity index (χ2n) is 6.00. The number of nitrogens with zero attached hydrogens (tertiary/aromatic N) is 1. The topological polar surface area (TPSA) is 12.9 Å². The standard InChI is InChI=1S/C14H20BrNS/c1-9-10(2)17-13(16-9)7-14(8-15)6-11-3-4-12(14)5-11/h11-12H,3-8H2,1-2H3. The van der Waals surface area contributed by atoms with Gasteiger partial charge in [-0.3, -0.25) is 0 Å². The fraction of sp³-hybridized carbons (Fsp3) is 0.786. The molecule has 2 aliphatic rings. The van der Waals surface area contributed by atoms with Gasteiger partial charge in [-0.15, -0.1) is 11.3 Å². The van der Waals surface area contributed by atoms with E-state index in [0.717, 1.165) is 11.8 Å². The molecule has 1 aromatic heterocycles. The molecule has 1 nitrogen and oxygen atoms in total. The molecule has 0 radical (unpaired) electrons. The molecular formula is C14H20BrNS. The molecule has 94 valence electrons. The highest BCUT2D eigenvalue weighted by molar-refractivity contribution is 9.09. The van der Waals surface area contributed by atoms with Crippen molar-refractivity contribution in [1.82, 2.24) is 4.98 Å². The first kappa shape index (κ1) is 12.2. The summed E-state index contributed by atoms with van der Waals surface area (Å²) in [5, 5.41) is 2.53. The van der Waals surface area contributed by atoms with E-state index in [9.17, 15) is 0 Å². The molecule has 0 spiro atoms. The Kier molecular flexibility index (Phi) is 3.10. The molecule has 2 fully saturated rings. The van der Waals surface area contributed by atoms with Crippen molar-refractivity contribution in [2.75, 3.05) is 5.33 Å². The van der Waals surface area contributed by atoms with Gasteiger partial charge in [0.1, 0.15) is 0 Å². The second kappa shape index (κ2) is 4.34. The lowest BCUT2D eigenvalue weighted by atomic mass is 9.72. The molecule has 3 atom stereocenters. The summed E-state index contributed by atoms with van der Waals surface area (Å²) in [5.74, 6) is 1.97. The monoisotopic (exact) mass is 313 g/mol. The van der Waals surface area contributed by atoms with E-state index in [1.807, 2.05) is 11.3 Å². The predicted octanol–water partition coefficient (Wildman–Crippen LogP) is 4.50. The van der Waals surface area contributed by atoms with E-state index in [2.05, 4.69) is 29.8 Å².